The minimum absolute atomic E-state index is 0.00886. The number of amides is 2. The standard InChI is InChI=1S/C27H28Cl3N5O5S/c1-17(2)35(21-7-5-6-19(14-21)25(31)34-26(37)40-16-27(28,29)30)15-24(36)33-20-12-10-18(11-13-20)22-8-3-4-9-23(22)41(32,38)39/h3-14,17H,15-16H2,1-2H3,(H,33,36)(H2,31,34,37)(H2,32,38,39). The summed E-state index contributed by atoms with van der Waals surface area (Å²) in [6.07, 6.45) is -0.953. The number of benzene rings is 3. The molecule has 0 aromatic heterocycles. The second-order valence-electron chi connectivity index (χ2n) is 9.13. The Kier molecular flexibility index (Phi) is 10.6. The number of rotatable bonds is 9. The van der Waals surface area contributed by atoms with Gasteiger partial charge in [-0.3, -0.25) is 15.5 Å². The molecular formula is C27H28Cl3N5O5S. The molecule has 0 bridgehead atoms. The van der Waals surface area contributed by atoms with E-state index < -0.39 is 26.5 Å². The van der Waals surface area contributed by atoms with Crippen molar-refractivity contribution in [1.29, 1.82) is 5.41 Å². The van der Waals surface area contributed by atoms with Gasteiger partial charge in [0.05, 0.1) is 11.4 Å². The number of anilines is 2. The molecule has 0 aliphatic carbocycles. The number of alkyl carbamates (subject to hydrolysis) is 1. The normalized spacial score (nSPS) is 11.6. The maximum Gasteiger partial charge on any atom is 0.412 e. The Labute approximate surface area is 253 Å². The molecule has 41 heavy (non-hydrogen) atoms. The van der Waals surface area contributed by atoms with E-state index in [1.165, 1.54) is 6.07 Å². The first-order valence-electron chi connectivity index (χ1n) is 12.1. The third-order valence-electron chi connectivity index (χ3n) is 5.67. The number of nitrogens with two attached hydrogens (primary N) is 1. The van der Waals surface area contributed by atoms with Crippen molar-refractivity contribution in [2.24, 2.45) is 5.14 Å². The molecular weight excluding hydrogens is 613 g/mol. The minimum atomic E-state index is -3.91. The van der Waals surface area contributed by atoms with Gasteiger partial charge in [-0.2, -0.15) is 0 Å². The molecule has 10 nitrogen and oxygen atoms in total. The van der Waals surface area contributed by atoms with Crippen LogP contribution >= 0.6 is 34.8 Å². The van der Waals surface area contributed by atoms with Crippen molar-refractivity contribution in [1.82, 2.24) is 5.32 Å². The Morgan fingerprint density at radius 3 is 2.29 bits per heavy atom. The number of amidine groups is 1. The van der Waals surface area contributed by atoms with E-state index in [0.29, 0.717) is 28.1 Å². The van der Waals surface area contributed by atoms with E-state index in [9.17, 15) is 18.0 Å². The van der Waals surface area contributed by atoms with Gasteiger partial charge in [0, 0.05) is 28.5 Å². The second kappa shape index (κ2) is 13.5. The molecule has 0 saturated heterocycles. The maximum atomic E-state index is 13.0. The number of hydrogen-bond donors (Lipinski definition) is 4. The number of ether oxygens (including phenoxy) is 1. The van der Waals surface area contributed by atoms with Crippen LogP contribution in [0.5, 0.6) is 0 Å². The summed E-state index contributed by atoms with van der Waals surface area (Å²) in [7, 11) is -3.91. The molecule has 0 spiro atoms. The third-order valence-corrected chi connectivity index (χ3v) is 6.97. The van der Waals surface area contributed by atoms with E-state index in [0.717, 1.165) is 0 Å². The topological polar surface area (TPSA) is 155 Å². The zero-order valence-corrected chi connectivity index (χ0v) is 25.1. The summed E-state index contributed by atoms with van der Waals surface area (Å²) in [5.74, 6) is -0.538. The summed E-state index contributed by atoms with van der Waals surface area (Å²) >= 11 is 16.7. The van der Waals surface area contributed by atoms with Gasteiger partial charge in [-0.25, -0.2) is 18.4 Å². The Morgan fingerprint density at radius 2 is 1.68 bits per heavy atom. The van der Waals surface area contributed by atoms with E-state index >= 15 is 0 Å². The van der Waals surface area contributed by atoms with Gasteiger partial charge in [-0.05, 0) is 49.7 Å². The van der Waals surface area contributed by atoms with Gasteiger partial charge in [0.1, 0.15) is 12.4 Å². The average Bonchev–Trinajstić information content (AvgIpc) is 2.90. The Balaban J connectivity index is 1.69. The van der Waals surface area contributed by atoms with Crippen LogP contribution in [0.1, 0.15) is 19.4 Å². The van der Waals surface area contributed by atoms with Gasteiger partial charge in [-0.1, -0.05) is 77.3 Å². The quantitative estimate of drug-likeness (QED) is 0.142. The van der Waals surface area contributed by atoms with Crippen LogP contribution in [0.15, 0.2) is 77.7 Å². The van der Waals surface area contributed by atoms with Crippen LogP contribution < -0.4 is 20.7 Å². The van der Waals surface area contributed by atoms with Crippen LogP contribution in [0.25, 0.3) is 11.1 Å². The van der Waals surface area contributed by atoms with E-state index in [2.05, 4.69) is 10.6 Å². The van der Waals surface area contributed by atoms with Gasteiger partial charge >= 0.3 is 6.09 Å². The monoisotopic (exact) mass is 639 g/mol. The van der Waals surface area contributed by atoms with Crippen molar-refractivity contribution in [3.05, 3.63) is 78.4 Å². The number of hydrogen-bond acceptors (Lipinski definition) is 7. The largest absolute Gasteiger partial charge is 0.445 e. The summed E-state index contributed by atoms with van der Waals surface area (Å²) < 4.78 is 26.9. The van der Waals surface area contributed by atoms with Crippen LogP contribution in [-0.4, -0.2) is 49.2 Å². The Morgan fingerprint density at radius 1 is 1.02 bits per heavy atom. The van der Waals surface area contributed by atoms with Gasteiger partial charge in [0.15, 0.2) is 0 Å². The molecule has 0 atom stereocenters. The molecule has 0 fully saturated rings. The molecule has 0 heterocycles. The minimum Gasteiger partial charge on any atom is -0.445 e. The number of primary sulfonamides is 1. The smallest absolute Gasteiger partial charge is 0.412 e. The summed E-state index contributed by atoms with van der Waals surface area (Å²) in [6.45, 7) is 3.33. The van der Waals surface area contributed by atoms with E-state index in [1.807, 2.05) is 18.7 Å². The molecule has 2 amide bonds. The lowest BCUT2D eigenvalue weighted by atomic mass is 10.1. The molecule has 0 aliphatic heterocycles. The molecule has 218 valence electrons. The number of nitrogens with one attached hydrogen (secondary N) is 3. The number of sulfonamides is 1. The lowest BCUT2D eigenvalue weighted by Gasteiger charge is -2.29. The van der Waals surface area contributed by atoms with Gasteiger partial charge in [-0.15, -0.1) is 0 Å². The lowest BCUT2D eigenvalue weighted by molar-refractivity contribution is -0.115. The first kappa shape index (κ1) is 32.2. The first-order chi connectivity index (χ1) is 19.1. The van der Waals surface area contributed by atoms with Crippen molar-refractivity contribution in [3.8, 4) is 11.1 Å². The molecule has 0 saturated carbocycles. The predicted molar refractivity (Wildman–Crippen MR) is 162 cm³/mol. The van der Waals surface area contributed by atoms with Crippen LogP contribution in [0, 0.1) is 5.41 Å². The number of nitrogens with zero attached hydrogens (tertiary/aromatic N) is 1. The molecule has 0 unspecified atom stereocenters. The van der Waals surface area contributed by atoms with Crippen LogP contribution in [0.3, 0.4) is 0 Å². The van der Waals surface area contributed by atoms with Crippen molar-refractivity contribution in [2.45, 2.75) is 28.6 Å². The summed E-state index contributed by atoms with van der Waals surface area (Å²) in [5.41, 5.74) is 2.61. The van der Waals surface area contributed by atoms with E-state index in [1.54, 1.807) is 66.7 Å². The van der Waals surface area contributed by atoms with Crippen LogP contribution in [0.2, 0.25) is 0 Å². The second-order valence-corrected chi connectivity index (χ2v) is 13.2. The highest BCUT2D eigenvalue weighted by atomic mass is 35.6. The fourth-order valence-electron chi connectivity index (χ4n) is 3.81. The molecule has 14 heteroatoms. The lowest BCUT2D eigenvalue weighted by Crippen LogP contribution is -2.38. The van der Waals surface area contributed by atoms with Crippen molar-refractivity contribution in [3.63, 3.8) is 0 Å². The summed E-state index contributed by atoms with van der Waals surface area (Å²) in [4.78, 5) is 26.7. The molecule has 3 aromatic carbocycles. The van der Waals surface area contributed by atoms with E-state index in [-0.39, 0.29) is 29.2 Å². The molecule has 3 rings (SSSR count). The fourth-order valence-corrected chi connectivity index (χ4v) is 4.74. The Bertz CT molecular complexity index is 1530. The zero-order chi connectivity index (χ0) is 30.4. The SMILES string of the molecule is CC(C)N(CC(=O)Nc1ccc(-c2ccccc2S(N)(=O)=O)cc1)c1cccc(C(=N)NC(=O)OCC(Cl)(Cl)Cl)c1. The first-order valence-corrected chi connectivity index (χ1v) is 14.8. The highest BCUT2D eigenvalue weighted by Crippen LogP contribution is 2.28. The highest BCUT2D eigenvalue weighted by molar-refractivity contribution is 7.89. The molecule has 5 N–H and O–H groups in total. The predicted octanol–water partition coefficient (Wildman–Crippen LogP) is 5.28. The highest BCUT2D eigenvalue weighted by Gasteiger charge is 2.23. The zero-order valence-electron chi connectivity index (χ0n) is 22.0. The number of carbonyl (C=O) groups excluding carboxylic acids is 2. The van der Waals surface area contributed by atoms with Crippen LogP contribution in [-0.2, 0) is 19.6 Å². The maximum absolute atomic E-state index is 13.0. The van der Waals surface area contributed by atoms with Gasteiger partial charge in [0.25, 0.3) is 0 Å². The van der Waals surface area contributed by atoms with E-state index in [4.69, 9.17) is 50.1 Å². The van der Waals surface area contributed by atoms with Gasteiger partial charge in [0.2, 0.25) is 19.7 Å². The third kappa shape index (κ3) is 9.61. The Hall–Kier alpha value is -3.35. The molecule has 3 aromatic rings. The van der Waals surface area contributed by atoms with Crippen LogP contribution in [0.4, 0.5) is 16.2 Å². The number of halogens is 3. The fraction of sp³-hybridized carbons (Fsp3) is 0.222. The molecule has 0 aliphatic rings. The summed E-state index contributed by atoms with van der Waals surface area (Å²) in [6, 6.07) is 19.8. The summed E-state index contributed by atoms with van der Waals surface area (Å²) in [5, 5.41) is 18.7. The van der Waals surface area contributed by atoms with Gasteiger partial charge < -0.3 is 15.0 Å². The number of carbonyl (C=O) groups is 2. The van der Waals surface area contributed by atoms with Crippen molar-refractivity contribution in [2.75, 3.05) is 23.4 Å². The molecule has 0 radical (unpaired) electrons. The van der Waals surface area contributed by atoms with Crippen molar-refractivity contribution < 1.29 is 22.7 Å². The average molecular weight is 641 g/mol. The van der Waals surface area contributed by atoms with Crippen molar-refractivity contribution >= 4 is 74.0 Å². The number of alkyl halides is 3.